The summed E-state index contributed by atoms with van der Waals surface area (Å²) in [5.74, 6) is 1.47. The van der Waals surface area contributed by atoms with Crippen molar-refractivity contribution in [3.63, 3.8) is 0 Å². The van der Waals surface area contributed by atoms with E-state index in [0.29, 0.717) is 17.2 Å². The van der Waals surface area contributed by atoms with Crippen LogP contribution in [0.4, 0.5) is 0 Å². The number of benzene rings is 2. The largest absolute Gasteiger partial charge is 0.507 e. The summed E-state index contributed by atoms with van der Waals surface area (Å²) in [6, 6.07) is 14.2. The van der Waals surface area contributed by atoms with E-state index in [2.05, 4.69) is 10.2 Å². The number of para-hydroxylation sites is 1. The zero-order valence-corrected chi connectivity index (χ0v) is 10.8. The minimum Gasteiger partial charge on any atom is -0.507 e. The number of phenols is 1. The minimum atomic E-state index is 0.105. The summed E-state index contributed by atoms with van der Waals surface area (Å²) in [5.41, 5.74) is 1.27. The molecule has 0 amide bonds. The first-order chi connectivity index (χ1) is 9.78. The molecule has 0 atom stereocenters. The lowest BCUT2D eigenvalue weighted by Gasteiger charge is -2.00. The molecule has 0 aliphatic heterocycles. The van der Waals surface area contributed by atoms with Gasteiger partial charge in [-0.15, -0.1) is 10.2 Å². The summed E-state index contributed by atoms with van der Waals surface area (Å²) in [5, 5.41) is 17.7. The summed E-state index contributed by atoms with van der Waals surface area (Å²) >= 11 is 0. The van der Waals surface area contributed by atoms with Crippen molar-refractivity contribution in [1.82, 2.24) is 10.2 Å². The van der Waals surface area contributed by atoms with Gasteiger partial charge in [0.1, 0.15) is 11.5 Å². The van der Waals surface area contributed by atoms with Gasteiger partial charge < -0.3 is 14.3 Å². The Balaban J connectivity index is 2.00. The Labute approximate surface area is 115 Å². The van der Waals surface area contributed by atoms with Gasteiger partial charge in [0.25, 0.3) is 5.89 Å². The van der Waals surface area contributed by atoms with Crippen LogP contribution >= 0.6 is 0 Å². The van der Waals surface area contributed by atoms with Crippen LogP contribution in [0.15, 0.2) is 52.9 Å². The summed E-state index contributed by atoms with van der Waals surface area (Å²) in [6.45, 7) is 0. The maximum absolute atomic E-state index is 9.78. The van der Waals surface area contributed by atoms with E-state index in [-0.39, 0.29) is 11.6 Å². The molecule has 1 N–H and O–H groups in total. The Morgan fingerprint density at radius 1 is 1.00 bits per heavy atom. The number of rotatable bonds is 3. The number of hydrogen-bond acceptors (Lipinski definition) is 5. The van der Waals surface area contributed by atoms with Crippen molar-refractivity contribution in [2.45, 2.75) is 0 Å². The number of phenolic OH excluding ortho intramolecular Hbond substituents is 1. The highest BCUT2D eigenvalue weighted by molar-refractivity contribution is 5.64. The second-order valence-corrected chi connectivity index (χ2v) is 4.16. The Morgan fingerprint density at radius 3 is 2.60 bits per heavy atom. The molecule has 0 spiro atoms. The van der Waals surface area contributed by atoms with Gasteiger partial charge in [0.15, 0.2) is 0 Å². The van der Waals surface area contributed by atoms with Crippen LogP contribution in [0.5, 0.6) is 11.5 Å². The fourth-order valence-corrected chi connectivity index (χ4v) is 1.86. The first kappa shape index (κ1) is 12.2. The monoisotopic (exact) mass is 268 g/mol. The van der Waals surface area contributed by atoms with E-state index < -0.39 is 0 Å². The average molecular weight is 268 g/mol. The molecule has 2 aromatic carbocycles. The van der Waals surface area contributed by atoms with E-state index in [1.54, 1.807) is 31.4 Å². The standard InChI is InChI=1S/C15H12N2O3/c1-19-11-6-4-5-10(9-11)14-16-17-15(20-14)12-7-2-3-8-13(12)18/h2-9,18H,1H3. The normalized spacial score (nSPS) is 10.4. The van der Waals surface area contributed by atoms with Crippen molar-refractivity contribution in [1.29, 1.82) is 0 Å². The summed E-state index contributed by atoms with van der Waals surface area (Å²) in [6.07, 6.45) is 0. The van der Waals surface area contributed by atoms with E-state index >= 15 is 0 Å². The fourth-order valence-electron chi connectivity index (χ4n) is 1.86. The molecule has 3 rings (SSSR count). The van der Waals surface area contributed by atoms with Gasteiger partial charge in [-0.1, -0.05) is 18.2 Å². The van der Waals surface area contributed by atoms with Crippen molar-refractivity contribution < 1.29 is 14.3 Å². The maximum atomic E-state index is 9.78. The molecular weight excluding hydrogens is 256 g/mol. The van der Waals surface area contributed by atoms with Crippen LogP contribution in [-0.2, 0) is 0 Å². The van der Waals surface area contributed by atoms with E-state index in [4.69, 9.17) is 9.15 Å². The van der Waals surface area contributed by atoms with E-state index in [9.17, 15) is 5.11 Å². The second kappa shape index (κ2) is 5.05. The molecular formula is C15H12N2O3. The molecule has 20 heavy (non-hydrogen) atoms. The predicted octanol–water partition coefficient (Wildman–Crippen LogP) is 3.12. The molecule has 0 radical (unpaired) electrons. The number of aromatic nitrogens is 2. The van der Waals surface area contributed by atoms with Gasteiger partial charge in [-0.3, -0.25) is 0 Å². The number of hydrogen-bond donors (Lipinski definition) is 1. The highest BCUT2D eigenvalue weighted by atomic mass is 16.5. The SMILES string of the molecule is COc1cccc(-c2nnc(-c3ccccc3O)o2)c1. The zero-order chi connectivity index (χ0) is 13.9. The fraction of sp³-hybridized carbons (Fsp3) is 0.0667. The van der Waals surface area contributed by atoms with E-state index in [1.165, 1.54) is 0 Å². The summed E-state index contributed by atoms with van der Waals surface area (Å²) in [7, 11) is 1.60. The van der Waals surface area contributed by atoms with Gasteiger partial charge in [0.05, 0.1) is 12.7 Å². The third kappa shape index (κ3) is 2.21. The van der Waals surface area contributed by atoms with Crippen molar-refractivity contribution in [3.05, 3.63) is 48.5 Å². The lowest BCUT2D eigenvalue weighted by molar-refractivity contribution is 0.414. The third-order valence-electron chi connectivity index (χ3n) is 2.88. The lowest BCUT2D eigenvalue weighted by atomic mass is 10.2. The van der Waals surface area contributed by atoms with Gasteiger partial charge >= 0.3 is 0 Å². The smallest absolute Gasteiger partial charge is 0.251 e. The Morgan fingerprint density at radius 2 is 1.80 bits per heavy atom. The topological polar surface area (TPSA) is 68.4 Å². The van der Waals surface area contributed by atoms with Crippen molar-refractivity contribution in [3.8, 4) is 34.4 Å². The van der Waals surface area contributed by atoms with Crippen LogP contribution in [0, 0.1) is 0 Å². The molecule has 0 bridgehead atoms. The van der Waals surface area contributed by atoms with Crippen LogP contribution in [0.2, 0.25) is 0 Å². The lowest BCUT2D eigenvalue weighted by Crippen LogP contribution is -1.83. The first-order valence-electron chi connectivity index (χ1n) is 6.04. The third-order valence-corrected chi connectivity index (χ3v) is 2.88. The van der Waals surface area contributed by atoms with Crippen LogP contribution in [-0.4, -0.2) is 22.4 Å². The Hall–Kier alpha value is -2.82. The zero-order valence-electron chi connectivity index (χ0n) is 10.8. The molecule has 0 unspecified atom stereocenters. The first-order valence-corrected chi connectivity index (χ1v) is 6.04. The molecule has 0 fully saturated rings. The van der Waals surface area contributed by atoms with Crippen LogP contribution in [0.1, 0.15) is 0 Å². The Bertz CT molecular complexity index is 737. The van der Waals surface area contributed by atoms with Gasteiger partial charge in [-0.25, -0.2) is 0 Å². The van der Waals surface area contributed by atoms with E-state index in [0.717, 1.165) is 5.56 Å². The van der Waals surface area contributed by atoms with Crippen molar-refractivity contribution >= 4 is 0 Å². The molecule has 1 aromatic heterocycles. The molecule has 100 valence electrons. The number of methoxy groups -OCH3 is 1. The molecule has 0 aliphatic rings. The predicted molar refractivity (Wildman–Crippen MR) is 73.4 cm³/mol. The van der Waals surface area contributed by atoms with Gasteiger partial charge in [-0.2, -0.15) is 0 Å². The minimum absolute atomic E-state index is 0.105. The van der Waals surface area contributed by atoms with Gasteiger partial charge in [0.2, 0.25) is 5.89 Å². The van der Waals surface area contributed by atoms with Gasteiger partial charge in [0, 0.05) is 5.56 Å². The quantitative estimate of drug-likeness (QED) is 0.790. The summed E-state index contributed by atoms with van der Waals surface area (Å²) < 4.78 is 10.8. The molecule has 0 saturated heterocycles. The molecule has 1 heterocycles. The number of ether oxygens (including phenoxy) is 1. The second-order valence-electron chi connectivity index (χ2n) is 4.16. The van der Waals surface area contributed by atoms with E-state index in [1.807, 2.05) is 24.3 Å². The molecule has 5 heteroatoms. The number of aromatic hydroxyl groups is 1. The highest BCUT2D eigenvalue weighted by Gasteiger charge is 2.13. The molecule has 0 aliphatic carbocycles. The van der Waals surface area contributed by atoms with Gasteiger partial charge in [-0.05, 0) is 30.3 Å². The Kier molecular flexibility index (Phi) is 3.09. The molecule has 5 nitrogen and oxygen atoms in total. The van der Waals surface area contributed by atoms with Crippen molar-refractivity contribution in [2.24, 2.45) is 0 Å². The molecule has 3 aromatic rings. The maximum Gasteiger partial charge on any atom is 0.251 e. The van der Waals surface area contributed by atoms with Crippen LogP contribution in [0.25, 0.3) is 22.9 Å². The number of nitrogens with zero attached hydrogens (tertiary/aromatic N) is 2. The summed E-state index contributed by atoms with van der Waals surface area (Å²) in [4.78, 5) is 0. The average Bonchev–Trinajstić information content (AvgIpc) is 2.97. The molecule has 0 saturated carbocycles. The highest BCUT2D eigenvalue weighted by Crippen LogP contribution is 2.30. The van der Waals surface area contributed by atoms with Crippen LogP contribution < -0.4 is 4.74 Å². The van der Waals surface area contributed by atoms with Crippen molar-refractivity contribution in [2.75, 3.05) is 7.11 Å². The van der Waals surface area contributed by atoms with Crippen LogP contribution in [0.3, 0.4) is 0 Å².